The molecule has 0 saturated heterocycles. The van der Waals surface area contributed by atoms with Crippen LogP contribution in [0.2, 0.25) is 5.02 Å². The first-order chi connectivity index (χ1) is 14.4. The average molecular weight is 437 g/mol. The molecule has 1 N–H and O–H groups in total. The van der Waals surface area contributed by atoms with Gasteiger partial charge in [-0.2, -0.15) is 0 Å². The minimum Gasteiger partial charge on any atom is -0.454 e. The molecule has 10 heteroatoms. The zero-order valence-electron chi connectivity index (χ0n) is 16.7. The molecule has 3 rings (SSSR count). The molecule has 2 aromatic heterocycles. The van der Waals surface area contributed by atoms with Crippen molar-refractivity contribution in [1.29, 1.82) is 0 Å². The van der Waals surface area contributed by atoms with Crippen LogP contribution < -0.4 is 11.2 Å². The summed E-state index contributed by atoms with van der Waals surface area (Å²) in [6.07, 6.45) is 2.31. The highest BCUT2D eigenvalue weighted by Gasteiger charge is 2.20. The van der Waals surface area contributed by atoms with E-state index in [0.29, 0.717) is 25.3 Å². The lowest BCUT2D eigenvalue weighted by Crippen LogP contribution is -2.31. The molecular weight excluding hydrogens is 415 g/mol. The molecule has 0 radical (unpaired) electrons. The molecule has 0 spiro atoms. The number of aryl methyl sites for hydroxylation is 2. The number of halogens is 2. The first-order valence-electron chi connectivity index (χ1n) is 9.71. The summed E-state index contributed by atoms with van der Waals surface area (Å²) in [6.45, 7) is 4.56. The van der Waals surface area contributed by atoms with Crippen LogP contribution in [0.4, 0.5) is 4.39 Å². The first-order valence-corrected chi connectivity index (χ1v) is 10.1. The number of aromatic amines is 1. The van der Waals surface area contributed by atoms with E-state index in [1.807, 2.05) is 13.8 Å². The highest BCUT2D eigenvalue weighted by molar-refractivity contribution is 6.33. The maximum absolute atomic E-state index is 13.2. The Labute approximate surface area is 176 Å². The fourth-order valence-corrected chi connectivity index (χ4v) is 3.42. The van der Waals surface area contributed by atoms with Crippen molar-refractivity contribution in [3.05, 3.63) is 61.3 Å². The van der Waals surface area contributed by atoms with Crippen LogP contribution in [0.5, 0.6) is 0 Å². The molecule has 0 aliphatic carbocycles. The third-order valence-corrected chi connectivity index (χ3v) is 4.94. The summed E-state index contributed by atoms with van der Waals surface area (Å²) >= 11 is 5.91. The van der Waals surface area contributed by atoms with E-state index in [2.05, 4.69) is 9.97 Å². The molecule has 30 heavy (non-hydrogen) atoms. The Morgan fingerprint density at radius 2 is 1.97 bits per heavy atom. The number of fused-ring (bicyclic) bond motifs is 1. The van der Waals surface area contributed by atoms with E-state index in [0.717, 1.165) is 25.0 Å². The first kappa shape index (κ1) is 21.8. The second-order valence-corrected chi connectivity index (χ2v) is 7.22. The summed E-state index contributed by atoms with van der Waals surface area (Å²) in [6, 6.07) is 3.37. The van der Waals surface area contributed by atoms with Crippen LogP contribution in [0, 0.1) is 5.82 Å². The van der Waals surface area contributed by atoms with E-state index < -0.39 is 23.0 Å². The van der Waals surface area contributed by atoms with Gasteiger partial charge in [0.05, 0.1) is 10.6 Å². The van der Waals surface area contributed by atoms with Crippen LogP contribution in [0.15, 0.2) is 27.8 Å². The third kappa shape index (κ3) is 4.30. The maximum atomic E-state index is 13.2. The van der Waals surface area contributed by atoms with Crippen molar-refractivity contribution in [2.45, 2.75) is 52.8 Å². The largest absolute Gasteiger partial charge is 0.454 e. The van der Waals surface area contributed by atoms with E-state index in [1.54, 1.807) is 4.57 Å². The minimum absolute atomic E-state index is 0.0221. The Kier molecular flexibility index (Phi) is 6.71. The number of carbonyl (C=O) groups excluding carboxylic acids is 1. The molecule has 2 heterocycles. The summed E-state index contributed by atoms with van der Waals surface area (Å²) in [5, 5.41) is -0.0630. The molecule has 0 unspecified atom stereocenters. The number of unbranched alkanes of at least 4 members (excludes halogenated alkanes) is 1. The van der Waals surface area contributed by atoms with Crippen LogP contribution in [-0.2, 0) is 24.4 Å². The smallest absolute Gasteiger partial charge is 0.340 e. The van der Waals surface area contributed by atoms with Crippen molar-refractivity contribution in [3.8, 4) is 0 Å². The van der Waals surface area contributed by atoms with Gasteiger partial charge in [-0.3, -0.25) is 14.3 Å². The number of benzene rings is 1. The quantitative estimate of drug-likeness (QED) is 0.546. The lowest BCUT2D eigenvalue weighted by Gasteiger charge is -2.09. The van der Waals surface area contributed by atoms with Gasteiger partial charge in [0.1, 0.15) is 18.2 Å². The normalized spacial score (nSPS) is 11.2. The van der Waals surface area contributed by atoms with Gasteiger partial charge in [0, 0.05) is 13.1 Å². The molecule has 0 saturated carbocycles. The van der Waals surface area contributed by atoms with E-state index in [-0.39, 0.29) is 28.4 Å². The SMILES string of the molecule is CCCCn1c(=O)[nH]c(=O)c2c1nc(COC(=O)c1ccc(F)cc1Cl)n2CCC. The lowest BCUT2D eigenvalue weighted by atomic mass is 10.2. The summed E-state index contributed by atoms with van der Waals surface area (Å²) in [4.78, 5) is 43.9. The predicted molar refractivity (Wildman–Crippen MR) is 110 cm³/mol. The summed E-state index contributed by atoms with van der Waals surface area (Å²) in [5.74, 6) is -0.974. The number of carbonyl (C=O) groups is 1. The highest BCUT2D eigenvalue weighted by Crippen LogP contribution is 2.19. The number of aromatic nitrogens is 4. The van der Waals surface area contributed by atoms with Gasteiger partial charge in [-0.1, -0.05) is 31.9 Å². The van der Waals surface area contributed by atoms with Crippen LogP contribution in [0.25, 0.3) is 11.2 Å². The van der Waals surface area contributed by atoms with Crippen molar-refractivity contribution in [2.24, 2.45) is 0 Å². The monoisotopic (exact) mass is 436 g/mol. The Hall–Kier alpha value is -2.94. The van der Waals surface area contributed by atoms with Gasteiger partial charge in [-0.25, -0.2) is 19.0 Å². The number of rotatable bonds is 8. The molecule has 0 atom stereocenters. The second kappa shape index (κ2) is 9.25. The van der Waals surface area contributed by atoms with Gasteiger partial charge in [0.15, 0.2) is 11.2 Å². The minimum atomic E-state index is -0.743. The number of ether oxygens (including phenoxy) is 1. The summed E-state index contributed by atoms with van der Waals surface area (Å²) in [7, 11) is 0. The van der Waals surface area contributed by atoms with Crippen molar-refractivity contribution in [2.75, 3.05) is 0 Å². The fraction of sp³-hybridized carbons (Fsp3) is 0.400. The van der Waals surface area contributed by atoms with E-state index in [4.69, 9.17) is 16.3 Å². The summed E-state index contributed by atoms with van der Waals surface area (Å²) < 4.78 is 21.6. The Balaban J connectivity index is 1.99. The molecule has 0 aliphatic heterocycles. The van der Waals surface area contributed by atoms with Gasteiger partial charge in [0.25, 0.3) is 5.56 Å². The number of nitrogens with zero attached hydrogens (tertiary/aromatic N) is 3. The zero-order chi connectivity index (χ0) is 21.8. The highest BCUT2D eigenvalue weighted by atomic mass is 35.5. The average Bonchev–Trinajstić information content (AvgIpc) is 3.05. The van der Waals surface area contributed by atoms with Crippen molar-refractivity contribution in [3.63, 3.8) is 0 Å². The van der Waals surface area contributed by atoms with E-state index in [1.165, 1.54) is 10.6 Å². The molecular formula is C20H22ClFN4O4. The lowest BCUT2D eigenvalue weighted by molar-refractivity contribution is 0.0458. The number of hydrogen-bond donors (Lipinski definition) is 1. The molecule has 160 valence electrons. The standard InChI is InChI=1S/C20H22ClFN4O4/c1-3-5-9-26-17-16(18(27)24-20(26)29)25(8-4-2)15(23-17)11-30-19(28)13-7-6-12(22)10-14(13)21/h6-7,10H,3-5,8-9,11H2,1-2H3,(H,24,27,29). The maximum Gasteiger partial charge on any atom is 0.340 e. The van der Waals surface area contributed by atoms with E-state index in [9.17, 15) is 18.8 Å². The molecule has 1 aromatic carbocycles. The number of H-pyrrole nitrogens is 1. The van der Waals surface area contributed by atoms with E-state index >= 15 is 0 Å². The van der Waals surface area contributed by atoms with Crippen molar-refractivity contribution in [1.82, 2.24) is 19.1 Å². The van der Waals surface area contributed by atoms with Crippen LogP contribution in [0.3, 0.4) is 0 Å². The van der Waals surface area contributed by atoms with Gasteiger partial charge < -0.3 is 9.30 Å². The van der Waals surface area contributed by atoms with Gasteiger partial charge >= 0.3 is 11.7 Å². The number of esters is 1. The number of imidazole rings is 1. The van der Waals surface area contributed by atoms with Gasteiger partial charge in [0.2, 0.25) is 0 Å². The van der Waals surface area contributed by atoms with Gasteiger partial charge in [-0.15, -0.1) is 0 Å². The third-order valence-electron chi connectivity index (χ3n) is 4.63. The van der Waals surface area contributed by atoms with Crippen LogP contribution in [-0.4, -0.2) is 25.1 Å². The topological polar surface area (TPSA) is 99.0 Å². The van der Waals surface area contributed by atoms with Crippen LogP contribution >= 0.6 is 11.6 Å². The Morgan fingerprint density at radius 3 is 2.63 bits per heavy atom. The summed E-state index contributed by atoms with van der Waals surface area (Å²) in [5.41, 5.74) is -0.518. The molecule has 3 aromatic rings. The fourth-order valence-electron chi connectivity index (χ4n) is 3.18. The predicted octanol–water partition coefficient (Wildman–Crippen LogP) is 3.25. The Morgan fingerprint density at radius 1 is 1.20 bits per heavy atom. The molecule has 0 bridgehead atoms. The molecule has 0 fully saturated rings. The second-order valence-electron chi connectivity index (χ2n) is 6.82. The van der Waals surface area contributed by atoms with Crippen molar-refractivity contribution < 1.29 is 13.9 Å². The van der Waals surface area contributed by atoms with Crippen molar-refractivity contribution >= 4 is 28.7 Å². The van der Waals surface area contributed by atoms with Gasteiger partial charge in [-0.05, 0) is 31.0 Å². The number of hydrogen-bond acceptors (Lipinski definition) is 5. The Bertz CT molecular complexity index is 1200. The molecule has 8 nitrogen and oxygen atoms in total. The zero-order valence-corrected chi connectivity index (χ0v) is 17.5. The molecule has 0 aliphatic rings. The number of nitrogens with one attached hydrogen (secondary N) is 1. The molecule has 0 amide bonds. The van der Waals surface area contributed by atoms with Crippen LogP contribution in [0.1, 0.15) is 49.3 Å².